The number of nitrogens with one attached hydrogen (secondary N) is 1. The average molecular weight is 301 g/mol. The van der Waals surface area contributed by atoms with Crippen molar-refractivity contribution >= 4 is 40.5 Å². The molecule has 18 heavy (non-hydrogen) atoms. The minimum Gasteiger partial charge on any atom is -0.381 e. The van der Waals surface area contributed by atoms with Gasteiger partial charge in [0, 0.05) is 27.3 Å². The van der Waals surface area contributed by atoms with Crippen molar-refractivity contribution in [2.45, 2.75) is 13.5 Å². The van der Waals surface area contributed by atoms with E-state index in [1.54, 1.807) is 6.07 Å². The van der Waals surface area contributed by atoms with E-state index in [1.807, 2.05) is 37.3 Å². The highest BCUT2D eigenvalue weighted by atomic mass is 35.5. The molecule has 1 N–H and O–H groups in total. The highest BCUT2D eigenvalue weighted by Gasteiger charge is 2.03. The Balaban J connectivity index is 2.13. The fraction of sp³-hybridized carbons (Fsp3) is 0.143. The zero-order valence-corrected chi connectivity index (χ0v) is 12.1. The van der Waals surface area contributed by atoms with E-state index in [0.717, 1.165) is 16.8 Å². The second kappa shape index (κ2) is 5.83. The molecule has 2 rings (SSSR count). The Morgan fingerprint density at radius 2 is 1.61 bits per heavy atom. The minimum absolute atomic E-state index is 0.636. The lowest BCUT2D eigenvalue weighted by Gasteiger charge is -2.11. The Kier molecular flexibility index (Phi) is 4.39. The predicted octanol–water partition coefficient (Wildman–Crippen LogP) is 5.57. The Morgan fingerprint density at radius 1 is 0.944 bits per heavy atom. The highest BCUT2D eigenvalue weighted by molar-refractivity contribution is 6.35. The van der Waals surface area contributed by atoms with Gasteiger partial charge in [-0.3, -0.25) is 0 Å². The molecule has 0 saturated carbocycles. The first-order chi connectivity index (χ1) is 8.56. The van der Waals surface area contributed by atoms with Crippen LogP contribution in [0.2, 0.25) is 15.1 Å². The van der Waals surface area contributed by atoms with Gasteiger partial charge in [-0.15, -0.1) is 0 Å². The molecule has 0 unspecified atom stereocenters. The molecular formula is C14H12Cl3N. The molecule has 2 aromatic rings. The Hall–Kier alpha value is -0.890. The van der Waals surface area contributed by atoms with Gasteiger partial charge in [0.2, 0.25) is 0 Å². The summed E-state index contributed by atoms with van der Waals surface area (Å²) in [6, 6.07) is 11.2. The van der Waals surface area contributed by atoms with Gasteiger partial charge in [-0.25, -0.2) is 0 Å². The molecule has 0 spiro atoms. The van der Waals surface area contributed by atoms with E-state index in [2.05, 4.69) is 5.32 Å². The maximum Gasteiger partial charge on any atom is 0.0470 e. The summed E-state index contributed by atoms with van der Waals surface area (Å²) in [6.45, 7) is 2.67. The molecular weight excluding hydrogens is 289 g/mol. The van der Waals surface area contributed by atoms with E-state index in [0.29, 0.717) is 21.6 Å². The van der Waals surface area contributed by atoms with Crippen molar-refractivity contribution in [3.05, 3.63) is 62.6 Å². The van der Waals surface area contributed by atoms with Gasteiger partial charge in [-0.05, 0) is 42.3 Å². The average Bonchev–Trinajstić information content (AvgIpc) is 2.32. The lowest BCUT2D eigenvalue weighted by atomic mass is 10.2. The van der Waals surface area contributed by atoms with Gasteiger partial charge in [0.05, 0.1) is 0 Å². The molecule has 0 aromatic heterocycles. The molecule has 0 bridgehead atoms. The lowest BCUT2D eigenvalue weighted by molar-refractivity contribution is 1.14. The molecule has 0 saturated heterocycles. The van der Waals surface area contributed by atoms with Gasteiger partial charge in [0.25, 0.3) is 0 Å². The summed E-state index contributed by atoms with van der Waals surface area (Å²) in [5.74, 6) is 0. The summed E-state index contributed by atoms with van der Waals surface area (Å²) in [4.78, 5) is 0. The van der Waals surface area contributed by atoms with E-state index < -0.39 is 0 Å². The molecule has 1 nitrogen and oxygen atoms in total. The summed E-state index contributed by atoms with van der Waals surface area (Å²) in [5.41, 5.74) is 3.15. The standard InChI is InChI=1S/C14H12Cl3N/c1-9-2-4-12(16)7-14(9)18-8-10-3-5-11(15)6-13(10)17/h2-7,18H,8H2,1H3. The quantitative estimate of drug-likeness (QED) is 0.781. The third kappa shape index (κ3) is 3.32. The van der Waals surface area contributed by atoms with Gasteiger partial charge >= 0.3 is 0 Å². The number of rotatable bonds is 3. The first kappa shape index (κ1) is 13.5. The molecule has 0 aliphatic rings. The molecule has 0 aliphatic heterocycles. The van der Waals surface area contributed by atoms with Crippen LogP contribution in [0, 0.1) is 6.92 Å². The zero-order chi connectivity index (χ0) is 13.1. The molecule has 94 valence electrons. The van der Waals surface area contributed by atoms with Crippen molar-refractivity contribution in [3.63, 3.8) is 0 Å². The van der Waals surface area contributed by atoms with E-state index in [4.69, 9.17) is 34.8 Å². The molecule has 0 radical (unpaired) electrons. The van der Waals surface area contributed by atoms with Gasteiger partial charge in [-0.1, -0.05) is 46.9 Å². The summed E-state index contributed by atoms with van der Waals surface area (Å²) in [7, 11) is 0. The fourth-order valence-electron chi connectivity index (χ4n) is 1.64. The van der Waals surface area contributed by atoms with Gasteiger partial charge in [-0.2, -0.15) is 0 Å². The second-order valence-corrected chi connectivity index (χ2v) is 5.33. The lowest BCUT2D eigenvalue weighted by Crippen LogP contribution is -2.01. The Labute approximate surface area is 122 Å². The first-order valence-corrected chi connectivity index (χ1v) is 6.63. The van der Waals surface area contributed by atoms with Gasteiger partial charge in [0.15, 0.2) is 0 Å². The van der Waals surface area contributed by atoms with E-state index in [1.165, 1.54) is 0 Å². The molecule has 0 heterocycles. The second-order valence-electron chi connectivity index (χ2n) is 4.05. The monoisotopic (exact) mass is 299 g/mol. The number of anilines is 1. The number of halogens is 3. The van der Waals surface area contributed by atoms with Crippen LogP contribution in [0.4, 0.5) is 5.69 Å². The summed E-state index contributed by atoms with van der Waals surface area (Å²) in [6.07, 6.45) is 0. The topological polar surface area (TPSA) is 12.0 Å². The molecule has 0 fully saturated rings. The van der Waals surface area contributed by atoms with Crippen LogP contribution in [0.25, 0.3) is 0 Å². The zero-order valence-electron chi connectivity index (χ0n) is 9.81. The summed E-state index contributed by atoms with van der Waals surface area (Å²) >= 11 is 17.9. The van der Waals surface area contributed by atoms with Crippen molar-refractivity contribution in [2.75, 3.05) is 5.32 Å². The van der Waals surface area contributed by atoms with Crippen LogP contribution in [0.3, 0.4) is 0 Å². The van der Waals surface area contributed by atoms with E-state index in [9.17, 15) is 0 Å². The number of benzene rings is 2. The number of hydrogen-bond donors (Lipinski definition) is 1. The third-order valence-electron chi connectivity index (χ3n) is 2.68. The molecule has 0 amide bonds. The molecule has 0 atom stereocenters. The molecule has 4 heteroatoms. The van der Waals surface area contributed by atoms with Crippen LogP contribution < -0.4 is 5.32 Å². The summed E-state index contributed by atoms with van der Waals surface area (Å²) < 4.78 is 0. The van der Waals surface area contributed by atoms with E-state index in [-0.39, 0.29) is 0 Å². The van der Waals surface area contributed by atoms with Crippen LogP contribution >= 0.6 is 34.8 Å². The van der Waals surface area contributed by atoms with Crippen molar-refractivity contribution in [3.8, 4) is 0 Å². The highest BCUT2D eigenvalue weighted by Crippen LogP contribution is 2.24. The first-order valence-electron chi connectivity index (χ1n) is 5.50. The minimum atomic E-state index is 0.636. The van der Waals surface area contributed by atoms with Crippen molar-refractivity contribution in [2.24, 2.45) is 0 Å². The summed E-state index contributed by atoms with van der Waals surface area (Å²) in [5, 5.41) is 5.33. The maximum atomic E-state index is 6.12. The molecule has 0 aliphatic carbocycles. The Morgan fingerprint density at radius 3 is 2.33 bits per heavy atom. The van der Waals surface area contributed by atoms with Crippen molar-refractivity contribution in [1.82, 2.24) is 0 Å². The largest absolute Gasteiger partial charge is 0.381 e. The van der Waals surface area contributed by atoms with Gasteiger partial charge < -0.3 is 5.32 Å². The SMILES string of the molecule is Cc1ccc(Cl)cc1NCc1ccc(Cl)cc1Cl. The van der Waals surface area contributed by atoms with Crippen molar-refractivity contribution < 1.29 is 0 Å². The van der Waals surface area contributed by atoms with Crippen molar-refractivity contribution in [1.29, 1.82) is 0 Å². The fourth-order valence-corrected chi connectivity index (χ4v) is 2.29. The van der Waals surface area contributed by atoms with Crippen LogP contribution in [0.5, 0.6) is 0 Å². The van der Waals surface area contributed by atoms with E-state index >= 15 is 0 Å². The third-order valence-corrected chi connectivity index (χ3v) is 3.51. The smallest absolute Gasteiger partial charge is 0.0470 e. The maximum absolute atomic E-state index is 6.12. The van der Waals surface area contributed by atoms with Crippen LogP contribution in [-0.2, 0) is 6.54 Å². The van der Waals surface area contributed by atoms with Crippen LogP contribution in [0.15, 0.2) is 36.4 Å². The Bertz CT molecular complexity index is 567. The number of aryl methyl sites for hydroxylation is 1. The predicted molar refractivity (Wildman–Crippen MR) is 80.0 cm³/mol. The van der Waals surface area contributed by atoms with Gasteiger partial charge in [0.1, 0.15) is 0 Å². The molecule has 2 aromatic carbocycles. The number of hydrogen-bond acceptors (Lipinski definition) is 1. The van der Waals surface area contributed by atoms with Crippen LogP contribution in [0.1, 0.15) is 11.1 Å². The normalized spacial score (nSPS) is 10.4. The van der Waals surface area contributed by atoms with Crippen LogP contribution in [-0.4, -0.2) is 0 Å².